The van der Waals surface area contributed by atoms with Gasteiger partial charge in [0.2, 0.25) is 0 Å². The van der Waals surface area contributed by atoms with Crippen LogP contribution in [0, 0.1) is 12.7 Å². The standard InChI is InChI=1S/C15H15BrFNO/c1-11-2-5-13(6-3-11)18-8-9-19-15-10-12(16)4-7-14(15)17/h2-7,10,18H,8-9H2,1H3. The molecule has 2 nitrogen and oxygen atoms in total. The predicted molar refractivity (Wildman–Crippen MR) is 79.3 cm³/mol. The van der Waals surface area contributed by atoms with Crippen molar-refractivity contribution in [3.63, 3.8) is 0 Å². The normalized spacial score (nSPS) is 10.3. The van der Waals surface area contributed by atoms with E-state index >= 15 is 0 Å². The third-order valence-corrected chi connectivity index (χ3v) is 3.13. The Hall–Kier alpha value is -1.55. The van der Waals surface area contributed by atoms with E-state index < -0.39 is 0 Å². The summed E-state index contributed by atoms with van der Waals surface area (Å²) in [5.74, 6) is -0.0846. The third kappa shape index (κ3) is 4.24. The number of halogens is 2. The Morgan fingerprint density at radius 2 is 1.89 bits per heavy atom. The van der Waals surface area contributed by atoms with E-state index in [0.717, 1.165) is 10.2 Å². The molecule has 2 rings (SSSR count). The molecule has 0 heterocycles. The number of aryl methyl sites for hydroxylation is 1. The number of hydrogen-bond acceptors (Lipinski definition) is 2. The van der Waals surface area contributed by atoms with Gasteiger partial charge in [-0.25, -0.2) is 4.39 Å². The van der Waals surface area contributed by atoms with Crippen molar-refractivity contribution in [3.05, 3.63) is 58.3 Å². The SMILES string of the molecule is Cc1ccc(NCCOc2cc(Br)ccc2F)cc1. The smallest absolute Gasteiger partial charge is 0.165 e. The average Bonchev–Trinajstić information content (AvgIpc) is 2.40. The zero-order valence-corrected chi connectivity index (χ0v) is 12.2. The minimum Gasteiger partial charge on any atom is -0.489 e. The van der Waals surface area contributed by atoms with Crippen LogP contribution in [0.1, 0.15) is 5.56 Å². The average molecular weight is 324 g/mol. The lowest BCUT2D eigenvalue weighted by Gasteiger charge is -2.09. The Morgan fingerprint density at radius 3 is 2.63 bits per heavy atom. The van der Waals surface area contributed by atoms with Gasteiger partial charge in [-0.3, -0.25) is 0 Å². The fourth-order valence-corrected chi connectivity index (χ4v) is 1.96. The van der Waals surface area contributed by atoms with Crippen LogP contribution in [0.25, 0.3) is 0 Å². The zero-order valence-electron chi connectivity index (χ0n) is 10.6. The Bertz CT molecular complexity index is 542. The first-order valence-electron chi connectivity index (χ1n) is 6.03. The summed E-state index contributed by atoms with van der Waals surface area (Å²) in [6, 6.07) is 12.7. The number of benzene rings is 2. The van der Waals surface area contributed by atoms with E-state index in [2.05, 4.69) is 21.2 Å². The topological polar surface area (TPSA) is 21.3 Å². The van der Waals surface area contributed by atoms with Crippen LogP contribution in [0.5, 0.6) is 5.75 Å². The van der Waals surface area contributed by atoms with Gasteiger partial charge < -0.3 is 10.1 Å². The van der Waals surface area contributed by atoms with Crippen molar-refractivity contribution in [1.82, 2.24) is 0 Å². The molecular formula is C15H15BrFNO. The monoisotopic (exact) mass is 323 g/mol. The second-order valence-corrected chi connectivity index (χ2v) is 5.13. The van der Waals surface area contributed by atoms with Crippen LogP contribution in [0.3, 0.4) is 0 Å². The molecule has 2 aromatic carbocycles. The van der Waals surface area contributed by atoms with Gasteiger partial charge in [-0.15, -0.1) is 0 Å². The third-order valence-electron chi connectivity index (χ3n) is 2.63. The first-order valence-corrected chi connectivity index (χ1v) is 6.83. The maximum absolute atomic E-state index is 13.4. The molecule has 0 spiro atoms. The minimum absolute atomic E-state index is 0.264. The summed E-state index contributed by atoms with van der Waals surface area (Å²) in [6.45, 7) is 3.07. The quantitative estimate of drug-likeness (QED) is 0.824. The van der Waals surface area contributed by atoms with Gasteiger partial charge in [0.25, 0.3) is 0 Å². The molecule has 0 unspecified atom stereocenters. The van der Waals surface area contributed by atoms with Crippen molar-refractivity contribution < 1.29 is 9.13 Å². The summed E-state index contributed by atoms with van der Waals surface area (Å²) in [7, 11) is 0. The van der Waals surface area contributed by atoms with Gasteiger partial charge in [-0.2, -0.15) is 0 Å². The first-order chi connectivity index (χ1) is 9.15. The number of anilines is 1. The molecule has 0 bridgehead atoms. The second kappa shape index (κ2) is 6.57. The molecule has 19 heavy (non-hydrogen) atoms. The zero-order chi connectivity index (χ0) is 13.7. The van der Waals surface area contributed by atoms with Crippen LogP contribution < -0.4 is 10.1 Å². The van der Waals surface area contributed by atoms with Crippen molar-refractivity contribution in [2.75, 3.05) is 18.5 Å². The van der Waals surface area contributed by atoms with Crippen LogP contribution >= 0.6 is 15.9 Å². The lowest BCUT2D eigenvalue weighted by Crippen LogP contribution is -2.12. The van der Waals surface area contributed by atoms with Gasteiger partial charge in [0.1, 0.15) is 6.61 Å². The van der Waals surface area contributed by atoms with Gasteiger partial charge in [0.15, 0.2) is 11.6 Å². The van der Waals surface area contributed by atoms with E-state index in [-0.39, 0.29) is 11.6 Å². The van der Waals surface area contributed by atoms with Crippen molar-refractivity contribution in [2.45, 2.75) is 6.92 Å². The number of ether oxygens (including phenoxy) is 1. The van der Waals surface area contributed by atoms with Crippen LogP contribution in [-0.2, 0) is 0 Å². The predicted octanol–water partition coefficient (Wildman–Crippen LogP) is 4.39. The van der Waals surface area contributed by atoms with E-state index in [4.69, 9.17) is 4.74 Å². The summed E-state index contributed by atoms with van der Waals surface area (Å²) < 4.78 is 19.6. The largest absolute Gasteiger partial charge is 0.489 e. The molecule has 0 saturated heterocycles. The molecule has 0 aliphatic carbocycles. The Kier molecular flexibility index (Phi) is 4.80. The summed E-state index contributed by atoms with van der Waals surface area (Å²) in [6.07, 6.45) is 0. The first kappa shape index (κ1) is 13.9. The lowest BCUT2D eigenvalue weighted by atomic mass is 10.2. The molecule has 0 atom stereocenters. The molecule has 0 aromatic heterocycles. The molecular weight excluding hydrogens is 309 g/mol. The molecule has 0 aliphatic heterocycles. The molecule has 0 radical (unpaired) electrons. The lowest BCUT2D eigenvalue weighted by molar-refractivity contribution is 0.315. The van der Waals surface area contributed by atoms with E-state index in [0.29, 0.717) is 13.2 Å². The van der Waals surface area contributed by atoms with Gasteiger partial charge in [0.05, 0.1) is 0 Å². The summed E-state index contributed by atoms with van der Waals surface area (Å²) in [4.78, 5) is 0. The highest BCUT2D eigenvalue weighted by Crippen LogP contribution is 2.22. The van der Waals surface area contributed by atoms with Crippen molar-refractivity contribution in [2.24, 2.45) is 0 Å². The Labute approximate surface area is 120 Å². The fourth-order valence-electron chi connectivity index (χ4n) is 1.62. The van der Waals surface area contributed by atoms with Crippen LogP contribution in [0.15, 0.2) is 46.9 Å². The van der Waals surface area contributed by atoms with Crippen LogP contribution in [0.2, 0.25) is 0 Å². The minimum atomic E-state index is -0.349. The summed E-state index contributed by atoms with van der Waals surface area (Å²) in [5.41, 5.74) is 2.25. The second-order valence-electron chi connectivity index (χ2n) is 4.22. The maximum atomic E-state index is 13.4. The molecule has 0 saturated carbocycles. The number of hydrogen-bond donors (Lipinski definition) is 1. The summed E-state index contributed by atoms with van der Waals surface area (Å²) in [5, 5.41) is 3.22. The van der Waals surface area contributed by atoms with Gasteiger partial charge >= 0.3 is 0 Å². The van der Waals surface area contributed by atoms with Crippen LogP contribution in [-0.4, -0.2) is 13.2 Å². The van der Waals surface area contributed by atoms with Gasteiger partial charge in [-0.05, 0) is 37.3 Å². The highest BCUT2D eigenvalue weighted by Gasteiger charge is 2.03. The van der Waals surface area contributed by atoms with Crippen molar-refractivity contribution in [3.8, 4) is 5.75 Å². The van der Waals surface area contributed by atoms with E-state index in [1.807, 2.05) is 31.2 Å². The van der Waals surface area contributed by atoms with E-state index in [1.54, 1.807) is 12.1 Å². The van der Waals surface area contributed by atoms with E-state index in [9.17, 15) is 4.39 Å². The molecule has 0 fully saturated rings. The maximum Gasteiger partial charge on any atom is 0.165 e. The van der Waals surface area contributed by atoms with Crippen LogP contribution in [0.4, 0.5) is 10.1 Å². The van der Waals surface area contributed by atoms with Crippen molar-refractivity contribution in [1.29, 1.82) is 0 Å². The Morgan fingerprint density at radius 1 is 1.16 bits per heavy atom. The molecule has 0 amide bonds. The molecule has 4 heteroatoms. The highest BCUT2D eigenvalue weighted by molar-refractivity contribution is 9.10. The summed E-state index contributed by atoms with van der Waals surface area (Å²) >= 11 is 3.29. The molecule has 100 valence electrons. The molecule has 0 aliphatic rings. The van der Waals surface area contributed by atoms with Crippen molar-refractivity contribution >= 4 is 21.6 Å². The van der Waals surface area contributed by atoms with Gasteiger partial charge in [-0.1, -0.05) is 33.6 Å². The number of nitrogens with one attached hydrogen (secondary N) is 1. The molecule has 1 N–H and O–H groups in total. The van der Waals surface area contributed by atoms with E-state index in [1.165, 1.54) is 11.6 Å². The number of rotatable bonds is 5. The Balaban J connectivity index is 1.80. The molecule has 2 aromatic rings. The fraction of sp³-hybridized carbons (Fsp3) is 0.200. The van der Waals surface area contributed by atoms with Gasteiger partial charge in [0, 0.05) is 16.7 Å². The highest BCUT2D eigenvalue weighted by atomic mass is 79.9.